The maximum atomic E-state index is 12.0. The average molecular weight is 253 g/mol. The van der Waals surface area contributed by atoms with Gasteiger partial charge in [0.1, 0.15) is 6.61 Å². The molecule has 1 N–H and O–H groups in total. The van der Waals surface area contributed by atoms with Gasteiger partial charge in [-0.25, -0.2) is 4.79 Å². The van der Waals surface area contributed by atoms with Gasteiger partial charge in [0.2, 0.25) is 11.8 Å². The minimum Gasteiger partial charge on any atom is -0.480 e. The summed E-state index contributed by atoms with van der Waals surface area (Å²) in [5, 5.41) is 8.40. The van der Waals surface area contributed by atoms with Crippen LogP contribution in [0, 0.1) is 11.8 Å². The van der Waals surface area contributed by atoms with Crippen molar-refractivity contribution in [2.75, 3.05) is 19.8 Å². The molecule has 1 heterocycles. The number of carboxylic acid groups (broad SMARTS) is 1. The molecule has 1 fully saturated rings. The SMILES string of the molecule is O=C(O)COCCN1C(=O)C2CC=CCC2C1=O. The lowest BCUT2D eigenvalue weighted by Gasteiger charge is -2.14. The third kappa shape index (κ3) is 2.43. The number of hydrogen-bond acceptors (Lipinski definition) is 4. The second-order valence-electron chi connectivity index (χ2n) is 4.43. The molecule has 0 radical (unpaired) electrons. The van der Waals surface area contributed by atoms with Gasteiger partial charge in [-0.1, -0.05) is 12.2 Å². The van der Waals surface area contributed by atoms with Crippen molar-refractivity contribution in [2.45, 2.75) is 12.8 Å². The summed E-state index contributed by atoms with van der Waals surface area (Å²) in [4.78, 5) is 35.4. The number of amides is 2. The third-order valence-corrected chi connectivity index (χ3v) is 3.28. The second-order valence-corrected chi connectivity index (χ2v) is 4.43. The minimum absolute atomic E-state index is 0.0661. The van der Waals surface area contributed by atoms with Crippen LogP contribution in [0.3, 0.4) is 0 Å². The van der Waals surface area contributed by atoms with Gasteiger partial charge in [-0.2, -0.15) is 0 Å². The molecule has 6 heteroatoms. The molecule has 98 valence electrons. The zero-order valence-electron chi connectivity index (χ0n) is 9.87. The molecule has 0 saturated carbocycles. The summed E-state index contributed by atoms with van der Waals surface area (Å²) >= 11 is 0. The Bertz CT molecular complexity index is 377. The molecule has 1 aliphatic heterocycles. The second kappa shape index (κ2) is 5.30. The van der Waals surface area contributed by atoms with Crippen LogP contribution >= 0.6 is 0 Å². The van der Waals surface area contributed by atoms with E-state index in [4.69, 9.17) is 9.84 Å². The van der Waals surface area contributed by atoms with Crippen LogP contribution in [0.2, 0.25) is 0 Å². The number of hydrogen-bond donors (Lipinski definition) is 1. The highest BCUT2D eigenvalue weighted by Gasteiger charge is 2.46. The summed E-state index contributed by atoms with van der Waals surface area (Å²) in [6.07, 6.45) is 5.08. The first-order valence-corrected chi connectivity index (χ1v) is 5.91. The van der Waals surface area contributed by atoms with E-state index in [1.54, 1.807) is 0 Å². The van der Waals surface area contributed by atoms with E-state index in [1.807, 2.05) is 12.2 Å². The van der Waals surface area contributed by atoms with E-state index >= 15 is 0 Å². The largest absolute Gasteiger partial charge is 0.480 e. The Hall–Kier alpha value is -1.69. The summed E-state index contributed by atoms with van der Waals surface area (Å²) in [5.41, 5.74) is 0. The molecule has 6 nitrogen and oxygen atoms in total. The maximum Gasteiger partial charge on any atom is 0.329 e. The summed E-state index contributed by atoms with van der Waals surface area (Å²) in [7, 11) is 0. The smallest absolute Gasteiger partial charge is 0.329 e. The lowest BCUT2D eigenvalue weighted by atomic mass is 9.85. The Morgan fingerprint density at radius 1 is 1.28 bits per heavy atom. The summed E-state index contributed by atoms with van der Waals surface area (Å²) in [6.45, 7) is -0.209. The normalized spacial score (nSPS) is 26.6. The molecule has 1 saturated heterocycles. The van der Waals surface area contributed by atoms with Gasteiger partial charge in [0.05, 0.1) is 25.0 Å². The van der Waals surface area contributed by atoms with Crippen molar-refractivity contribution < 1.29 is 24.2 Å². The van der Waals surface area contributed by atoms with Gasteiger partial charge in [0.15, 0.2) is 0 Å². The molecule has 18 heavy (non-hydrogen) atoms. The van der Waals surface area contributed by atoms with Crippen LogP contribution in [-0.2, 0) is 19.1 Å². The molecule has 2 unspecified atom stereocenters. The van der Waals surface area contributed by atoms with Gasteiger partial charge in [0.25, 0.3) is 0 Å². The molecule has 0 bridgehead atoms. The molecule has 2 aliphatic rings. The van der Waals surface area contributed by atoms with Crippen LogP contribution in [0.15, 0.2) is 12.2 Å². The van der Waals surface area contributed by atoms with Gasteiger partial charge in [0, 0.05) is 0 Å². The fourth-order valence-electron chi connectivity index (χ4n) is 2.40. The van der Waals surface area contributed by atoms with Crippen molar-refractivity contribution in [3.05, 3.63) is 12.2 Å². The number of carboxylic acids is 1. The molecule has 0 aromatic carbocycles. The highest BCUT2D eigenvalue weighted by Crippen LogP contribution is 2.34. The van der Waals surface area contributed by atoms with Gasteiger partial charge in [-0.15, -0.1) is 0 Å². The van der Waals surface area contributed by atoms with Crippen LogP contribution in [0.1, 0.15) is 12.8 Å². The van der Waals surface area contributed by atoms with E-state index < -0.39 is 12.6 Å². The number of fused-ring (bicyclic) bond motifs is 1. The highest BCUT2D eigenvalue weighted by molar-refractivity contribution is 6.05. The Morgan fingerprint density at radius 2 is 1.83 bits per heavy atom. The monoisotopic (exact) mass is 253 g/mol. The first-order chi connectivity index (χ1) is 8.61. The topological polar surface area (TPSA) is 83.9 Å². The Labute approximate surface area is 104 Å². The molecule has 0 spiro atoms. The first-order valence-electron chi connectivity index (χ1n) is 5.91. The highest BCUT2D eigenvalue weighted by atomic mass is 16.5. The van der Waals surface area contributed by atoms with Crippen molar-refractivity contribution in [1.29, 1.82) is 0 Å². The fourth-order valence-corrected chi connectivity index (χ4v) is 2.40. The Morgan fingerprint density at radius 3 is 2.33 bits per heavy atom. The number of likely N-dealkylation sites (tertiary alicyclic amines) is 1. The predicted octanol–water partition coefficient (Wildman–Crippen LogP) is 0.0388. The van der Waals surface area contributed by atoms with Crippen LogP contribution in [0.5, 0.6) is 0 Å². The van der Waals surface area contributed by atoms with Crippen LogP contribution < -0.4 is 0 Å². The number of ether oxygens (including phenoxy) is 1. The van der Waals surface area contributed by atoms with Crippen molar-refractivity contribution >= 4 is 17.8 Å². The van der Waals surface area contributed by atoms with E-state index in [0.29, 0.717) is 12.8 Å². The molecule has 0 aromatic heterocycles. The van der Waals surface area contributed by atoms with Crippen molar-refractivity contribution in [2.24, 2.45) is 11.8 Å². The third-order valence-electron chi connectivity index (χ3n) is 3.28. The number of rotatable bonds is 5. The van der Waals surface area contributed by atoms with Crippen molar-refractivity contribution in [3.8, 4) is 0 Å². The van der Waals surface area contributed by atoms with Crippen molar-refractivity contribution in [3.63, 3.8) is 0 Å². The minimum atomic E-state index is -1.06. The molecular formula is C12H15NO5. The molecular weight excluding hydrogens is 238 g/mol. The zero-order valence-corrected chi connectivity index (χ0v) is 9.87. The van der Waals surface area contributed by atoms with Crippen LogP contribution in [0.25, 0.3) is 0 Å². The quantitative estimate of drug-likeness (QED) is 0.425. The fraction of sp³-hybridized carbons (Fsp3) is 0.583. The lowest BCUT2D eigenvalue weighted by molar-refractivity contribution is -0.143. The van der Waals surface area contributed by atoms with E-state index in [2.05, 4.69) is 0 Å². The molecule has 0 aromatic rings. The van der Waals surface area contributed by atoms with E-state index in [-0.39, 0.29) is 36.8 Å². The van der Waals surface area contributed by atoms with Crippen molar-refractivity contribution in [1.82, 2.24) is 4.90 Å². The number of allylic oxidation sites excluding steroid dienone is 2. The first kappa shape index (κ1) is 12.8. The summed E-state index contributed by atoms with van der Waals surface area (Å²) in [6, 6.07) is 0. The molecule has 2 atom stereocenters. The number of nitrogens with zero attached hydrogens (tertiary/aromatic N) is 1. The van der Waals surface area contributed by atoms with E-state index in [0.717, 1.165) is 0 Å². The zero-order chi connectivity index (χ0) is 13.1. The number of aliphatic carboxylic acids is 1. The van der Waals surface area contributed by atoms with Crippen LogP contribution in [-0.4, -0.2) is 47.5 Å². The Balaban J connectivity index is 1.88. The van der Waals surface area contributed by atoms with E-state index in [9.17, 15) is 14.4 Å². The number of carbonyl (C=O) groups excluding carboxylic acids is 2. The standard InChI is InChI=1S/C12H15NO5/c14-10(15)7-18-6-5-13-11(16)8-3-1-2-4-9(8)12(13)17/h1-2,8-9H,3-7H2,(H,14,15). The van der Waals surface area contributed by atoms with E-state index in [1.165, 1.54) is 4.90 Å². The summed E-state index contributed by atoms with van der Waals surface area (Å²) in [5.74, 6) is -1.85. The summed E-state index contributed by atoms with van der Waals surface area (Å²) < 4.78 is 4.85. The molecule has 2 rings (SSSR count). The number of imide groups is 1. The van der Waals surface area contributed by atoms with Gasteiger partial charge >= 0.3 is 5.97 Å². The van der Waals surface area contributed by atoms with Gasteiger partial charge in [-0.05, 0) is 12.8 Å². The van der Waals surface area contributed by atoms with Gasteiger partial charge in [-0.3, -0.25) is 14.5 Å². The average Bonchev–Trinajstić information content (AvgIpc) is 2.59. The molecule has 1 aliphatic carbocycles. The maximum absolute atomic E-state index is 12.0. The molecule has 2 amide bonds. The predicted molar refractivity (Wildman–Crippen MR) is 60.5 cm³/mol. The van der Waals surface area contributed by atoms with Gasteiger partial charge < -0.3 is 9.84 Å². The lowest BCUT2D eigenvalue weighted by Crippen LogP contribution is -2.34. The Kier molecular flexibility index (Phi) is 3.76. The number of carbonyl (C=O) groups is 3. The van der Waals surface area contributed by atoms with Crippen LogP contribution in [0.4, 0.5) is 0 Å².